The van der Waals surface area contributed by atoms with E-state index < -0.39 is 31.1 Å². The predicted octanol–water partition coefficient (Wildman–Crippen LogP) is -4.78. The molecule has 0 radical (unpaired) electrons. The van der Waals surface area contributed by atoms with Crippen LogP contribution in [0.4, 0.5) is 11.8 Å². The number of fused-ring (bicyclic) bond motifs is 1. The average molecular weight is 361 g/mol. The Morgan fingerprint density at radius 3 is 2.46 bits per heavy atom. The summed E-state index contributed by atoms with van der Waals surface area (Å²) in [4.78, 5) is 12.7. The predicted molar refractivity (Wildman–Crippen MR) is 82.3 cm³/mol. The van der Waals surface area contributed by atoms with Gasteiger partial charge < -0.3 is 38.2 Å². The van der Waals surface area contributed by atoms with Gasteiger partial charge in [0.2, 0.25) is 5.95 Å². The molecule has 11 heteroatoms. The second kappa shape index (κ2) is 6.39. The number of halogens is 1. The molecule has 0 saturated carbocycles. The highest BCUT2D eigenvalue weighted by atomic mass is 35.5. The number of aliphatic hydroxyl groups is 3. The van der Waals surface area contributed by atoms with Crippen LogP contribution in [0.3, 0.4) is 0 Å². The molecule has 0 amide bonds. The van der Waals surface area contributed by atoms with E-state index in [1.807, 2.05) is 21.1 Å². The maximum absolute atomic E-state index is 10.2. The van der Waals surface area contributed by atoms with Crippen LogP contribution in [-0.2, 0) is 4.74 Å². The fraction of sp³-hybridized carbons (Fsp3) is 0.615. The Morgan fingerprint density at radius 1 is 1.25 bits per heavy atom. The van der Waals surface area contributed by atoms with Gasteiger partial charge in [-0.05, 0) is 0 Å². The number of hydrogen-bond donors (Lipinski definition) is 4. The Labute approximate surface area is 144 Å². The molecule has 1 aliphatic rings. The molecule has 1 aliphatic heterocycles. The number of nitrogens with two attached hydrogens (primary N) is 1. The Kier molecular flexibility index (Phi) is 5.00. The number of aliphatic hydroxyl groups excluding tert-OH is 3. The smallest absolute Gasteiger partial charge is 0.260 e. The summed E-state index contributed by atoms with van der Waals surface area (Å²) in [5.74, 6) is 0.701. The third-order valence-corrected chi connectivity index (χ3v) is 3.85. The van der Waals surface area contributed by atoms with Crippen LogP contribution < -0.4 is 22.6 Å². The zero-order valence-electron chi connectivity index (χ0n) is 13.5. The minimum Gasteiger partial charge on any atom is -1.00 e. The van der Waals surface area contributed by atoms with E-state index in [-0.39, 0.29) is 18.4 Å². The first-order valence-electron chi connectivity index (χ1n) is 7.18. The van der Waals surface area contributed by atoms with Gasteiger partial charge in [0, 0.05) is 0 Å². The number of quaternary nitrogens is 1. The molecule has 3 rings (SSSR count). The van der Waals surface area contributed by atoms with E-state index in [4.69, 9.17) is 10.5 Å². The van der Waals surface area contributed by atoms with Crippen LogP contribution in [0.15, 0.2) is 6.33 Å². The molecule has 10 nitrogen and oxygen atoms in total. The maximum Gasteiger partial charge on any atom is 0.260 e. The molecule has 5 N–H and O–H groups in total. The zero-order chi connectivity index (χ0) is 16.9. The van der Waals surface area contributed by atoms with Gasteiger partial charge in [0.05, 0.1) is 34.1 Å². The second-order valence-electron chi connectivity index (χ2n) is 6.47. The van der Waals surface area contributed by atoms with Crippen LogP contribution in [0.1, 0.15) is 6.23 Å². The molecule has 3 heterocycles. The van der Waals surface area contributed by atoms with E-state index in [2.05, 4.69) is 15.0 Å². The van der Waals surface area contributed by atoms with Gasteiger partial charge in [-0.2, -0.15) is 9.97 Å². The molecule has 1 saturated heterocycles. The summed E-state index contributed by atoms with van der Waals surface area (Å²) in [6, 6.07) is 0. The van der Waals surface area contributed by atoms with E-state index in [1.165, 1.54) is 10.9 Å². The molecular weight excluding hydrogens is 340 g/mol. The van der Waals surface area contributed by atoms with E-state index in [0.717, 1.165) is 0 Å². The zero-order valence-corrected chi connectivity index (χ0v) is 14.3. The summed E-state index contributed by atoms with van der Waals surface area (Å²) < 4.78 is 7.40. The Bertz CT molecular complexity index is 733. The average Bonchev–Trinajstić information content (AvgIpc) is 3.00. The maximum atomic E-state index is 10.2. The van der Waals surface area contributed by atoms with Gasteiger partial charge in [0.15, 0.2) is 17.4 Å². The molecule has 0 spiro atoms. The highest BCUT2D eigenvalue weighted by Crippen LogP contribution is 2.33. The molecule has 134 valence electrons. The Morgan fingerprint density at radius 2 is 1.92 bits per heavy atom. The number of nitrogen functional groups attached to an aromatic ring is 1. The Balaban J connectivity index is 0.00000208. The molecule has 0 aromatic carbocycles. The first-order valence-corrected chi connectivity index (χ1v) is 7.18. The van der Waals surface area contributed by atoms with Crippen molar-refractivity contribution in [2.75, 3.05) is 33.5 Å². The van der Waals surface area contributed by atoms with Gasteiger partial charge in [0.25, 0.3) is 5.82 Å². The van der Waals surface area contributed by atoms with Crippen LogP contribution in [-0.4, -0.2) is 80.9 Å². The van der Waals surface area contributed by atoms with Crippen molar-refractivity contribution in [2.24, 2.45) is 0 Å². The lowest BCUT2D eigenvalue weighted by Gasteiger charge is -2.22. The van der Waals surface area contributed by atoms with E-state index in [0.29, 0.717) is 21.5 Å². The molecule has 4 unspecified atom stereocenters. The summed E-state index contributed by atoms with van der Waals surface area (Å²) in [7, 11) is 5.77. The summed E-state index contributed by atoms with van der Waals surface area (Å²) >= 11 is 0. The lowest BCUT2D eigenvalue weighted by atomic mass is 10.1. The van der Waals surface area contributed by atoms with Crippen molar-refractivity contribution in [3.05, 3.63) is 6.33 Å². The van der Waals surface area contributed by atoms with Gasteiger partial charge in [-0.15, -0.1) is 0 Å². The van der Waals surface area contributed by atoms with E-state index >= 15 is 0 Å². The summed E-state index contributed by atoms with van der Waals surface area (Å²) in [5, 5.41) is 29.3. The van der Waals surface area contributed by atoms with Crippen LogP contribution in [0.2, 0.25) is 0 Å². The fourth-order valence-corrected chi connectivity index (χ4v) is 2.68. The highest BCUT2D eigenvalue weighted by molar-refractivity contribution is 5.83. The molecule has 0 bridgehead atoms. The fourth-order valence-electron chi connectivity index (χ4n) is 2.68. The highest BCUT2D eigenvalue weighted by Gasteiger charge is 2.44. The second-order valence-corrected chi connectivity index (χ2v) is 6.47. The molecule has 24 heavy (non-hydrogen) atoms. The van der Waals surface area contributed by atoms with Crippen molar-refractivity contribution in [1.82, 2.24) is 24.0 Å². The van der Waals surface area contributed by atoms with E-state index in [1.54, 1.807) is 0 Å². The van der Waals surface area contributed by atoms with Crippen LogP contribution in [0.25, 0.3) is 11.2 Å². The monoisotopic (exact) mass is 360 g/mol. The summed E-state index contributed by atoms with van der Waals surface area (Å²) in [6.45, 7) is -0.400. The Hall–Kier alpha value is -1.56. The number of rotatable bonds is 3. The number of anilines is 1. The van der Waals surface area contributed by atoms with Crippen molar-refractivity contribution >= 4 is 22.9 Å². The van der Waals surface area contributed by atoms with Crippen molar-refractivity contribution in [2.45, 2.75) is 24.5 Å². The largest absolute Gasteiger partial charge is 1.00 e. The molecule has 2 aromatic rings. The number of hydrogen-bond acceptors (Lipinski definition) is 8. The number of imidazole rings is 1. The number of nitrogens with zero attached hydrogens (tertiary/aromatic N) is 5. The topological polar surface area (TPSA) is 140 Å². The third kappa shape index (κ3) is 2.92. The number of ether oxygens (including phenoxy) is 1. The van der Waals surface area contributed by atoms with Gasteiger partial charge in [-0.3, -0.25) is 9.05 Å². The van der Waals surface area contributed by atoms with Crippen LogP contribution >= 0.6 is 0 Å². The summed E-state index contributed by atoms with van der Waals surface area (Å²) in [6.07, 6.45) is -2.74. The quantitative estimate of drug-likeness (QED) is 0.400. The molecule has 1 fully saturated rings. The SMILES string of the molecule is C[N+](C)(C)c1nc(N)nc2c1ncn2C1OC(CO)C(O)C1O.[Cl-]. The molecule has 2 aromatic heterocycles. The first-order chi connectivity index (χ1) is 10.7. The third-order valence-electron chi connectivity index (χ3n) is 3.85. The van der Waals surface area contributed by atoms with Gasteiger partial charge in [-0.25, -0.2) is 4.98 Å². The minimum atomic E-state index is -1.21. The lowest BCUT2D eigenvalue weighted by Crippen LogP contribution is -3.00. The first kappa shape index (κ1) is 18.8. The van der Waals surface area contributed by atoms with E-state index in [9.17, 15) is 15.3 Å². The van der Waals surface area contributed by atoms with Gasteiger partial charge in [-0.1, -0.05) is 0 Å². The van der Waals surface area contributed by atoms with Crippen LogP contribution in [0.5, 0.6) is 0 Å². The minimum absolute atomic E-state index is 0. The lowest BCUT2D eigenvalue weighted by molar-refractivity contribution is -0.0511. The molecular formula is C13H21ClN6O4. The standard InChI is InChI=1S/C13H21N6O4.ClH/c1-19(2,3)11-7-10(16-13(14)17-11)18(5-15-7)12-9(22)8(21)6(4-20)23-12;/h5-6,8-9,12,20-22H,4H2,1-3H3,(H2,14,16,17);1H/q+1;/p-1. The molecule has 4 atom stereocenters. The van der Waals surface area contributed by atoms with Crippen molar-refractivity contribution in [1.29, 1.82) is 0 Å². The number of aromatic nitrogens is 4. The van der Waals surface area contributed by atoms with Crippen molar-refractivity contribution in [3.8, 4) is 0 Å². The van der Waals surface area contributed by atoms with Gasteiger partial charge >= 0.3 is 0 Å². The van der Waals surface area contributed by atoms with Crippen molar-refractivity contribution in [3.63, 3.8) is 0 Å². The normalized spacial score (nSPS) is 27.4. The van der Waals surface area contributed by atoms with Crippen LogP contribution in [0, 0.1) is 0 Å². The van der Waals surface area contributed by atoms with Gasteiger partial charge in [0.1, 0.15) is 18.3 Å². The molecule has 0 aliphatic carbocycles. The van der Waals surface area contributed by atoms with Crippen molar-refractivity contribution < 1.29 is 32.5 Å². The summed E-state index contributed by atoms with van der Waals surface area (Å²) in [5.41, 5.74) is 6.73.